The van der Waals surface area contributed by atoms with Crippen molar-refractivity contribution >= 4 is 34.5 Å². The lowest BCUT2D eigenvalue weighted by molar-refractivity contribution is -0.127. The summed E-state index contributed by atoms with van der Waals surface area (Å²) in [4.78, 5) is 12.2. The maximum atomic E-state index is 12.2. The van der Waals surface area contributed by atoms with Crippen LogP contribution in [0.2, 0.25) is 5.02 Å². The first-order valence-corrected chi connectivity index (χ1v) is 8.66. The highest BCUT2D eigenvalue weighted by Crippen LogP contribution is 2.22. The van der Waals surface area contributed by atoms with E-state index in [4.69, 9.17) is 16.3 Å². The normalized spacial score (nSPS) is 12.3. The highest BCUT2D eigenvalue weighted by molar-refractivity contribution is 6.30. The van der Waals surface area contributed by atoms with Gasteiger partial charge >= 0.3 is 0 Å². The molecule has 132 valence electrons. The molecule has 0 aliphatic rings. The minimum absolute atomic E-state index is 0.323. The molecule has 0 bridgehead atoms. The molecule has 0 heterocycles. The van der Waals surface area contributed by atoms with Crippen LogP contribution in [0.1, 0.15) is 18.1 Å². The molecular formula is C21H19ClN2O2. The summed E-state index contributed by atoms with van der Waals surface area (Å²) >= 11 is 5.93. The molecule has 0 spiro atoms. The Morgan fingerprint density at radius 2 is 1.92 bits per heavy atom. The van der Waals surface area contributed by atoms with Gasteiger partial charge in [0.2, 0.25) is 0 Å². The Labute approximate surface area is 157 Å². The fraction of sp³-hybridized carbons (Fsp3) is 0.143. The van der Waals surface area contributed by atoms with E-state index in [1.54, 1.807) is 31.3 Å². The van der Waals surface area contributed by atoms with E-state index < -0.39 is 6.10 Å². The fourth-order valence-corrected chi connectivity index (χ4v) is 2.84. The fourth-order valence-electron chi connectivity index (χ4n) is 2.61. The summed E-state index contributed by atoms with van der Waals surface area (Å²) in [5.74, 6) is 0.297. The predicted molar refractivity (Wildman–Crippen MR) is 106 cm³/mol. The maximum absolute atomic E-state index is 12.2. The van der Waals surface area contributed by atoms with Gasteiger partial charge in [0.25, 0.3) is 5.91 Å². The van der Waals surface area contributed by atoms with Gasteiger partial charge in [-0.3, -0.25) is 4.79 Å². The van der Waals surface area contributed by atoms with Crippen molar-refractivity contribution in [1.82, 2.24) is 5.43 Å². The molecule has 3 rings (SSSR count). The average Bonchev–Trinajstić information content (AvgIpc) is 2.64. The number of aryl methyl sites for hydroxylation is 1. The highest BCUT2D eigenvalue weighted by Gasteiger charge is 2.15. The number of hydrogen-bond acceptors (Lipinski definition) is 3. The van der Waals surface area contributed by atoms with Crippen molar-refractivity contribution < 1.29 is 9.53 Å². The van der Waals surface area contributed by atoms with E-state index in [1.807, 2.05) is 49.4 Å². The molecule has 3 aromatic rings. The van der Waals surface area contributed by atoms with Crippen LogP contribution in [0, 0.1) is 6.92 Å². The topological polar surface area (TPSA) is 50.7 Å². The number of nitrogens with one attached hydrogen (secondary N) is 1. The zero-order valence-electron chi connectivity index (χ0n) is 14.6. The molecule has 0 radical (unpaired) electrons. The van der Waals surface area contributed by atoms with Gasteiger partial charge in [-0.25, -0.2) is 5.43 Å². The smallest absolute Gasteiger partial charge is 0.280 e. The number of carbonyl (C=O) groups excluding carboxylic acids is 1. The number of hydrazone groups is 1. The summed E-state index contributed by atoms with van der Waals surface area (Å²) in [5, 5.41) is 6.90. The number of amides is 1. The van der Waals surface area contributed by atoms with Crippen molar-refractivity contribution in [3.8, 4) is 5.75 Å². The van der Waals surface area contributed by atoms with Gasteiger partial charge in [0.1, 0.15) is 5.75 Å². The number of ether oxygens (including phenoxy) is 1. The molecular weight excluding hydrogens is 348 g/mol. The Balaban J connectivity index is 1.65. The monoisotopic (exact) mass is 366 g/mol. The zero-order chi connectivity index (χ0) is 18.5. The number of benzene rings is 3. The van der Waals surface area contributed by atoms with Crippen LogP contribution in [0.3, 0.4) is 0 Å². The predicted octanol–water partition coefficient (Wildman–Crippen LogP) is 4.72. The van der Waals surface area contributed by atoms with Gasteiger partial charge in [0.15, 0.2) is 6.10 Å². The van der Waals surface area contributed by atoms with Crippen LogP contribution in [-0.4, -0.2) is 18.2 Å². The van der Waals surface area contributed by atoms with E-state index in [2.05, 4.69) is 10.5 Å². The van der Waals surface area contributed by atoms with Crippen LogP contribution in [-0.2, 0) is 4.79 Å². The third-order valence-corrected chi connectivity index (χ3v) is 4.25. The van der Waals surface area contributed by atoms with Gasteiger partial charge in [0, 0.05) is 10.6 Å². The second-order valence-corrected chi connectivity index (χ2v) is 6.41. The Bertz CT molecular complexity index is 964. The molecule has 1 unspecified atom stereocenters. The average molecular weight is 367 g/mol. The maximum Gasteiger partial charge on any atom is 0.280 e. The molecule has 1 amide bonds. The van der Waals surface area contributed by atoms with Crippen molar-refractivity contribution in [2.24, 2.45) is 5.10 Å². The van der Waals surface area contributed by atoms with E-state index in [-0.39, 0.29) is 5.91 Å². The summed E-state index contributed by atoms with van der Waals surface area (Å²) in [6.45, 7) is 3.56. The summed E-state index contributed by atoms with van der Waals surface area (Å²) in [5.41, 5.74) is 4.33. The molecule has 26 heavy (non-hydrogen) atoms. The van der Waals surface area contributed by atoms with Crippen LogP contribution in [0.25, 0.3) is 10.8 Å². The van der Waals surface area contributed by atoms with Crippen LogP contribution in [0.4, 0.5) is 0 Å². The van der Waals surface area contributed by atoms with Crippen LogP contribution >= 0.6 is 11.6 Å². The Morgan fingerprint density at radius 1 is 1.15 bits per heavy atom. The van der Waals surface area contributed by atoms with Gasteiger partial charge in [-0.1, -0.05) is 54.1 Å². The molecule has 1 atom stereocenters. The molecule has 1 N–H and O–H groups in total. The lowest BCUT2D eigenvalue weighted by atomic mass is 10.1. The zero-order valence-corrected chi connectivity index (χ0v) is 15.3. The number of hydrogen-bond donors (Lipinski definition) is 1. The first-order valence-electron chi connectivity index (χ1n) is 8.28. The first kappa shape index (κ1) is 18.0. The summed E-state index contributed by atoms with van der Waals surface area (Å²) in [6, 6.07) is 19.2. The van der Waals surface area contributed by atoms with E-state index >= 15 is 0 Å². The number of nitrogens with zero attached hydrogens (tertiary/aromatic N) is 1. The standard InChI is InChI=1S/C21H19ClN2O2/c1-14-12-18(22)10-11-20(14)26-15(2)21(25)24-23-13-17-8-5-7-16-6-3-4-9-19(16)17/h3-13,15H,1-2H3,(H,24,25). The molecule has 3 aromatic carbocycles. The molecule has 5 heteroatoms. The number of halogens is 1. The minimum Gasteiger partial charge on any atom is -0.481 e. The third kappa shape index (κ3) is 4.21. The van der Waals surface area contributed by atoms with Crippen LogP contribution in [0.5, 0.6) is 5.75 Å². The largest absolute Gasteiger partial charge is 0.481 e. The molecule has 0 aliphatic heterocycles. The summed E-state index contributed by atoms with van der Waals surface area (Å²) in [7, 11) is 0. The minimum atomic E-state index is -0.681. The lowest BCUT2D eigenvalue weighted by Crippen LogP contribution is -2.33. The van der Waals surface area contributed by atoms with E-state index in [9.17, 15) is 4.79 Å². The Hall–Kier alpha value is -2.85. The van der Waals surface area contributed by atoms with Crippen molar-refractivity contribution in [3.05, 3.63) is 76.8 Å². The lowest BCUT2D eigenvalue weighted by Gasteiger charge is -2.14. The summed E-state index contributed by atoms with van der Waals surface area (Å²) < 4.78 is 5.69. The number of carbonyl (C=O) groups is 1. The molecule has 4 nitrogen and oxygen atoms in total. The number of fused-ring (bicyclic) bond motifs is 1. The molecule has 0 saturated heterocycles. The molecule has 0 fully saturated rings. The van der Waals surface area contributed by atoms with Crippen LogP contribution in [0.15, 0.2) is 65.8 Å². The highest BCUT2D eigenvalue weighted by atomic mass is 35.5. The third-order valence-electron chi connectivity index (χ3n) is 4.01. The second-order valence-electron chi connectivity index (χ2n) is 5.97. The second kappa shape index (κ2) is 8.02. The Kier molecular flexibility index (Phi) is 5.54. The first-order chi connectivity index (χ1) is 12.5. The Morgan fingerprint density at radius 3 is 2.73 bits per heavy atom. The molecule has 0 saturated carbocycles. The van der Waals surface area contributed by atoms with Crippen molar-refractivity contribution in [3.63, 3.8) is 0 Å². The van der Waals surface area contributed by atoms with Gasteiger partial charge < -0.3 is 4.74 Å². The van der Waals surface area contributed by atoms with Gasteiger partial charge in [-0.05, 0) is 48.4 Å². The van der Waals surface area contributed by atoms with E-state index in [1.165, 1.54) is 0 Å². The summed E-state index contributed by atoms with van der Waals surface area (Å²) in [6.07, 6.45) is 0.958. The van der Waals surface area contributed by atoms with E-state index in [0.717, 1.165) is 21.9 Å². The molecule has 0 aliphatic carbocycles. The van der Waals surface area contributed by atoms with Gasteiger partial charge in [-0.2, -0.15) is 5.10 Å². The van der Waals surface area contributed by atoms with Gasteiger partial charge in [-0.15, -0.1) is 0 Å². The van der Waals surface area contributed by atoms with Crippen molar-refractivity contribution in [2.75, 3.05) is 0 Å². The quantitative estimate of drug-likeness (QED) is 0.524. The number of rotatable bonds is 5. The molecule has 0 aromatic heterocycles. The van der Waals surface area contributed by atoms with Crippen LogP contribution < -0.4 is 10.2 Å². The van der Waals surface area contributed by atoms with Gasteiger partial charge in [0.05, 0.1) is 6.21 Å². The van der Waals surface area contributed by atoms with Crippen molar-refractivity contribution in [1.29, 1.82) is 0 Å². The van der Waals surface area contributed by atoms with E-state index in [0.29, 0.717) is 10.8 Å². The van der Waals surface area contributed by atoms with Crippen molar-refractivity contribution in [2.45, 2.75) is 20.0 Å². The SMILES string of the molecule is Cc1cc(Cl)ccc1OC(C)C(=O)NN=Cc1cccc2ccccc12.